The van der Waals surface area contributed by atoms with Gasteiger partial charge in [-0.05, 0) is 70.7 Å². The van der Waals surface area contributed by atoms with Gasteiger partial charge >= 0.3 is 0 Å². The Morgan fingerprint density at radius 1 is 0.667 bits per heavy atom. The van der Waals surface area contributed by atoms with Crippen LogP contribution in [0.3, 0.4) is 0 Å². The van der Waals surface area contributed by atoms with Gasteiger partial charge < -0.3 is 5.11 Å². The van der Waals surface area contributed by atoms with Gasteiger partial charge in [0, 0.05) is 0 Å². The molecule has 0 aliphatic rings. The Morgan fingerprint density at radius 3 is 1.69 bits per heavy atom. The summed E-state index contributed by atoms with van der Waals surface area (Å²) in [5, 5.41) is 9.68. The van der Waals surface area contributed by atoms with Gasteiger partial charge in [-0.2, -0.15) is 0 Å². The molecular formula is C32H31F3O. The van der Waals surface area contributed by atoms with Crippen molar-refractivity contribution < 1.29 is 18.3 Å². The van der Waals surface area contributed by atoms with Gasteiger partial charge in [0.2, 0.25) is 0 Å². The summed E-state index contributed by atoms with van der Waals surface area (Å²) in [6.07, 6.45) is -0.519. The molecule has 1 nitrogen and oxygen atoms in total. The van der Waals surface area contributed by atoms with Crippen LogP contribution >= 0.6 is 0 Å². The zero-order valence-corrected chi connectivity index (χ0v) is 20.6. The van der Waals surface area contributed by atoms with E-state index in [2.05, 4.69) is 31.2 Å². The van der Waals surface area contributed by atoms with Crippen LogP contribution in [0.15, 0.2) is 84.9 Å². The Bertz CT molecular complexity index is 1280. The summed E-state index contributed by atoms with van der Waals surface area (Å²) in [5.74, 6) is -0.842. The average Bonchev–Trinajstić information content (AvgIpc) is 2.88. The van der Waals surface area contributed by atoms with E-state index in [-0.39, 0.29) is 11.1 Å². The van der Waals surface area contributed by atoms with Gasteiger partial charge in [-0.25, -0.2) is 13.2 Å². The first kappa shape index (κ1) is 25.7. The third-order valence-electron chi connectivity index (χ3n) is 6.64. The summed E-state index contributed by atoms with van der Waals surface area (Å²) in [6.45, 7) is 3.80. The monoisotopic (exact) mass is 488 g/mol. The van der Waals surface area contributed by atoms with Crippen LogP contribution in [0.4, 0.5) is 13.2 Å². The van der Waals surface area contributed by atoms with Gasteiger partial charge in [-0.3, -0.25) is 0 Å². The molecule has 36 heavy (non-hydrogen) atoms. The molecule has 0 aliphatic heterocycles. The van der Waals surface area contributed by atoms with Crippen LogP contribution in [-0.4, -0.2) is 5.11 Å². The molecule has 4 heteroatoms. The molecule has 0 spiro atoms. The van der Waals surface area contributed by atoms with Gasteiger partial charge in [0.15, 0.2) is 0 Å². The van der Waals surface area contributed by atoms with Gasteiger partial charge in [0.05, 0.1) is 11.7 Å². The summed E-state index contributed by atoms with van der Waals surface area (Å²) in [5.41, 5.74) is 5.67. The van der Waals surface area contributed by atoms with E-state index in [0.29, 0.717) is 24.0 Å². The quantitative estimate of drug-likeness (QED) is 0.249. The Kier molecular flexibility index (Phi) is 8.27. The predicted molar refractivity (Wildman–Crippen MR) is 141 cm³/mol. The van der Waals surface area contributed by atoms with Crippen molar-refractivity contribution in [2.45, 2.75) is 52.1 Å². The largest absolute Gasteiger partial charge is 0.389 e. The lowest BCUT2D eigenvalue weighted by Gasteiger charge is -2.15. The first-order valence-corrected chi connectivity index (χ1v) is 12.4. The molecule has 0 fully saturated rings. The fourth-order valence-corrected chi connectivity index (χ4v) is 4.53. The molecule has 1 N–H and O–H groups in total. The van der Waals surface area contributed by atoms with Crippen LogP contribution in [0.5, 0.6) is 0 Å². The smallest absolute Gasteiger partial charge is 0.267 e. The Labute approximate surface area is 211 Å². The van der Waals surface area contributed by atoms with Crippen LogP contribution in [0.1, 0.15) is 60.6 Å². The highest BCUT2D eigenvalue weighted by atomic mass is 19.3. The molecule has 0 heterocycles. The van der Waals surface area contributed by atoms with Crippen LogP contribution < -0.4 is 0 Å². The molecule has 1 unspecified atom stereocenters. The minimum Gasteiger partial charge on any atom is -0.389 e. The van der Waals surface area contributed by atoms with Gasteiger partial charge in [0.1, 0.15) is 5.82 Å². The first-order valence-electron chi connectivity index (χ1n) is 12.4. The number of alkyl halides is 2. The second-order valence-electron chi connectivity index (χ2n) is 9.24. The summed E-state index contributed by atoms with van der Waals surface area (Å²) in [4.78, 5) is 0. The van der Waals surface area contributed by atoms with E-state index in [1.54, 1.807) is 43.3 Å². The summed E-state index contributed by atoms with van der Waals surface area (Å²) >= 11 is 0. The Hall–Kier alpha value is -3.37. The third kappa shape index (κ3) is 5.88. The fourth-order valence-electron chi connectivity index (χ4n) is 4.53. The fraction of sp³-hybridized carbons (Fsp3) is 0.250. The molecule has 0 bridgehead atoms. The highest BCUT2D eigenvalue weighted by molar-refractivity contribution is 5.69. The molecule has 0 saturated carbocycles. The maximum Gasteiger partial charge on any atom is 0.267 e. The number of hydrogen-bond acceptors (Lipinski definition) is 1. The summed E-state index contributed by atoms with van der Waals surface area (Å²) < 4.78 is 43.1. The molecule has 1 atom stereocenters. The predicted octanol–water partition coefficient (Wildman–Crippen LogP) is 8.89. The molecule has 0 aliphatic carbocycles. The lowest BCUT2D eigenvalue weighted by Crippen LogP contribution is -2.03. The molecule has 4 rings (SSSR count). The van der Waals surface area contributed by atoms with E-state index in [9.17, 15) is 13.9 Å². The van der Waals surface area contributed by atoms with Crippen molar-refractivity contribution in [1.82, 2.24) is 0 Å². The van der Waals surface area contributed by atoms with E-state index in [4.69, 9.17) is 0 Å². The standard InChI is InChI=1S/C32H31F3O/c1-3-4-22-5-10-25(11-6-22)26-12-7-23(8-13-26)9-14-28-19-20-29(30(31(28)33)32(34)35)27-17-15-24(16-18-27)21(2)36/h5-8,10-13,15-21,32,36H,3-4,9,14H2,1-2H3. The second kappa shape index (κ2) is 11.6. The number of aryl methyl sites for hydroxylation is 3. The van der Waals surface area contributed by atoms with E-state index in [1.807, 2.05) is 24.3 Å². The number of halogens is 3. The van der Waals surface area contributed by atoms with Crippen LogP contribution in [0.2, 0.25) is 0 Å². The average molecular weight is 489 g/mol. The van der Waals surface area contributed by atoms with Gasteiger partial charge in [-0.1, -0.05) is 98.3 Å². The third-order valence-corrected chi connectivity index (χ3v) is 6.64. The van der Waals surface area contributed by atoms with Gasteiger partial charge in [0.25, 0.3) is 6.43 Å². The SMILES string of the molecule is CCCc1ccc(-c2ccc(CCc3ccc(-c4ccc(C(C)O)cc4)c(C(F)F)c3F)cc2)cc1. The normalized spacial score (nSPS) is 12.2. The maximum atomic E-state index is 15.2. The van der Waals surface area contributed by atoms with E-state index >= 15 is 4.39 Å². The van der Waals surface area contributed by atoms with Crippen molar-refractivity contribution in [2.24, 2.45) is 0 Å². The molecule has 0 aromatic heterocycles. The minimum absolute atomic E-state index is 0.178. The number of benzene rings is 4. The van der Waals surface area contributed by atoms with Crippen LogP contribution in [0, 0.1) is 5.82 Å². The zero-order valence-electron chi connectivity index (χ0n) is 20.6. The van der Waals surface area contributed by atoms with Crippen molar-refractivity contribution in [3.63, 3.8) is 0 Å². The van der Waals surface area contributed by atoms with Crippen molar-refractivity contribution in [3.8, 4) is 22.3 Å². The molecular weight excluding hydrogens is 457 g/mol. The highest BCUT2D eigenvalue weighted by Crippen LogP contribution is 2.35. The molecule has 0 radical (unpaired) electrons. The second-order valence-corrected chi connectivity index (χ2v) is 9.24. The van der Waals surface area contributed by atoms with E-state index in [1.165, 1.54) is 5.56 Å². The van der Waals surface area contributed by atoms with Gasteiger partial charge in [-0.15, -0.1) is 0 Å². The lowest BCUT2D eigenvalue weighted by atomic mass is 9.93. The van der Waals surface area contributed by atoms with E-state index in [0.717, 1.165) is 29.5 Å². The highest BCUT2D eigenvalue weighted by Gasteiger charge is 2.22. The topological polar surface area (TPSA) is 20.2 Å². The first-order chi connectivity index (χ1) is 17.4. The minimum atomic E-state index is -2.93. The molecule has 4 aromatic carbocycles. The molecule has 0 amide bonds. The Balaban J connectivity index is 1.50. The number of hydrogen-bond donors (Lipinski definition) is 1. The Morgan fingerprint density at radius 2 is 1.19 bits per heavy atom. The number of rotatable bonds is 9. The summed E-state index contributed by atoms with van der Waals surface area (Å²) in [6, 6.07) is 26.5. The van der Waals surface area contributed by atoms with Crippen LogP contribution in [0.25, 0.3) is 22.3 Å². The molecule has 186 valence electrons. The lowest BCUT2D eigenvalue weighted by molar-refractivity contribution is 0.147. The van der Waals surface area contributed by atoms with Crippen LogP contribution in [-0.2, 0) is 19.3 Å². The van der Waals surface area contributed by atoms with Crippen molar-refractivity contribution >= 4 is 0 Å². The maximum absolute atomic E-state index is 15.2. The molecule has 0 saturated heterocycles. The van der Waals surface area contributed by atoms with Crippen molar-refractivity contribution in [1.29, 1.82) is 0 Å². The zero-order chi connectivity index (χ0) is 25.7. The van der Waals surface area contributed by atoms with Crippen molar-refractivity contribution in [3.05, 3.63) is 119 Å². The number of aliphatic hydroxyl groups is 1. The number of aliphatic hydroxyl groups excluding tert-OH is 1. The summed E-state index contributed by atoms with van der Waals surface area (Å²) in [7, 11) is 0. The van der Waals surface area contributed by atoms with Crippen molar-refractivity contribution in [2.75, 3.05) is 0 Å². The molecule has 4 aromatic rings. The van der Waals surface area contributed by atoms with E-state index < -0.39 is 23.9 Å².